The predicted molar refractivity (Wildman–Crippen MR) is 137 cm³/mol. The van der Waals surface area contributed by atoms with Gasteiger partial charge in [-0.05, 0) is 43.7 Å². The molecule has 35 heavy (non-hydrogen) atoms. The van der Waals surface area contributed by atoms with Crippen LogP contribution in [0.15, 0.2) is 79.0 Å². The number of rotatable bonds is 5. The van der Waals surface area contributed by atoms with E-state index in [1.807, 2.05) is 86.6 Å². The second-order valence-electron chi connectivity index (χ2n) is 8.31. The summed E-state index contributed by atoms with van der Waals surface area (Å²) in [5.41, 5.74) is 12.8. The van der Waals surface area contributed by atoms with E-state index >= 15 is 0 Å². The number of nitrogens with zero attached hydrogens (tertiary/aromatic N) is 4. The number of hydrogen-bond donors (Lipinski definition) is 2. The molecule has 0 spiro atoms. The minimum atomic E-state index is -0.390. The summed E-state index contributed by atoms with van der Waals surface area (Å²) in [7, 11) is 0. The highest BCUT2D eigenvalue weighted by Crippen LogP contribution is 2.32. The minimum Gasteiger partial charge on any atom is -0.382 e. The van der Waals surface area contributed by atoms with Gasteiger partial charge in [-0.25, -0.2) is 9.97 Å². The normalized spacial score (nSPS) is 10.9. The molecule has 0 radical (unpaired) electrons. The van der Waals surface area contributed by atoms with Gasteiger partial charge in [-0.1, -0.05) is 48.5 Å². The Bertz CT molecular complexity index is 1550. The van der Waals surface area contributed by atoms with E-state index in [2.05, 4.69) is 20.3 Å². The van der Waals surface area contributed by atoms with Gasteiger partial charge in [0.2, 0.25) is 0 Å². The number of fused-ring (bicyclic) bond motifs is 1. The first-order valence-corrected chi connectivity index (χ1v) is 11.3. The van der Waals surface area contributed by atoms with Crippen LogP contribution in [0.4, 0.5) is 5.82 Å². The average molecular weight is 461 g/mol. The fraction of sp³-hybridized carbons (Fsp3) is 0.107. The Morgan fingerprint density at radius 1 is 0.857 bits per heavy atom. The molecule has 0 bridgehead atoms. The van der Waals surface area contributed by atoms with E-state index in [4.69, 9.17) is 10.7 Å². The van der Waals surface area contributed by atoms with E-state index in [0.717, 1.165) is 39.0 Å². The average Bonchev–Trinajstić information content (AvgIpc) is 2.88. The van der Waals surface area contributed by atoms with Gasteiger partial charge in [0.15, 0.2) is 11.5 Å². The molecule has 0 saturated carbocycles. The fourth-order valence-electron chi connectivity index (χ4n) is 4.00. The van der Waals surface area contributed by atoms with Crippen LogP contribution in [-0.2, 0) is 6.54 Å². The van der Waals surface area contributed by atoms with E-state index in [0.29, 0.717) is 17.9 Å². The maximum absolute atomic E-state index is 13.1. The summed E-state index contributed by atoms with van der Waals surface area (Å²) in [5.74, 6) is -0.315. The van der Waals surface area contributed by atoms with Crippen LogP contribution < -0.4 is 11.1 Å². The third-order valence-corrected chi connectivity index (χ3v) is 5.84. The standard InChI is InChI=1S/C28H24N6O/c1-17-10-11-22(18(2)32-17)16-31-28(35)26-27(29)34-24(19-7-4-3-5-8-19)25(33-26)21-12-13-23-20(15-21)9-6-14-30-23/h3-15H,16H2,1-2H3,(H2,29,34)(H,31,35). The smallest absolute Gasteiger partial charge is 0.274 e. The number of aromatic nitrogens is 4. The Hall–Kier alpha value is -4.65. The highest BCUT2D eigenvalue weighted by Gasteiger charge is 2.20. The summed E-state index contributed by atoms with van der Waals surface area (Å²) in [5, 5.41) is 3.88. The maximum Gasteiger partial charge on any atom is 0.274 e. The predicted octanol–water partition coefficient (Wildman–Crippen LogP) is 4.88. The summed E-state index contributed by atoms with van der Waals surface area (Å²) in [6.45, 7) is 4.17. The van der Waals surface area contributed by atoms with Crippen LogP contribution in [0.2, 0.25) is 0 Å². The van der Waals surface area contributed by atoms with E-state index in [1.54, 1.807) is 6.20 Å². The zero-order chi connectivity index (χ0) is 24.4. The van der Waals surface area contributed by atoms with Crippen LogP contribution in [0.5, 0.6) is 0 Å². The van der Waals surface area contributed by atoms with Crippen LogP contribution in [-0.4, -0.2) is 25.8 Å². The molecule has 5 rings (SSSR count). The summed E-state index contributed by atoms with van der Waals surface area (Å²) >= 11 is 0. The van der Waals surface area contributed by atoms with Crippen LogP contribution in [0.3, 0.4) is 0 Å². The monoisotopic (exact) mass is 460 g/mol. The van der Waals surface area contributed by atoms with Crippen molar-refractivity contribution in [3.8, 4) is 22.5 Å². The molecule has 7 nitrogen and oxygen atoms in total. The van der Waals surface area contributed by atoms with Crippen molar-refractivity contribution in [3.05, 3.63) is 102 Å². The lowest BCUT2D eigenvalue weighted by Crippen LogP contribution is -2.26. The number of pyridine rings is 2. The number of nitrogens with two attached hydrogens (primary N) is 1. The summed E-state index contributed by atoms with van der Waals surface area (Å²) in [6.07, 6.45) is 1.76. The zero-order valence-electron chi connectivity index (χ0n) is 19.5. The lowest BCUT2D eigenvalue weighted by atomic mass is 10.0. The second kappa shape index (κ2) is 9.30. The van der Waals surface area contributed by atoms with Gasteiger partial charge >= 0.3 is 0 Å². The number of nitrogens with one attached hydrogen (secondary N) is 1. The number of aryl methyl sites for hydroxylation is 2. The van der Waals surface area contributed by atoms with E-state index in [1.165, 1.54) is 0 Å². The van der Waals surface area contributed by atoms with Crippen molar-refractivity contribution >= 4 is 22.6 Å². The van der Waals surface area contributed by atoms with Crippen LogP contribution in [0, 0.1) is 13.8 Å². The SMILES string of the molecule is Cc1ccc(CNC(=O)c2nc(-c3ccc4ncccc4c3)c(-c3ccccc3)nc2N)c(C)n1. The molecule has 0 unspecified atom stereocenters. The maximum atomic E-state index is 13.1. The van der Waals surface area contributed by atoms with Crippen LogP contribution in [0.1, 0.15) is 27.4 Å². The Morgan fingerprint density at radius 3 is 2.46 bits per heavy atom. The Morgan fingerprint density at radius 2 is 1.66 bits per heavy atom. The fourth-order valence-corrected chi connectivity index (χ4v) is 4.00. The number of carbonyl (C=O) groups is 1. The molecule has 0 aliphatic carbocycles. The molecule has 0 saturated heterocycles. The van der Waals surface area contributed by atoms with Gasteiger partial charge in [0.25, 0.3) is 5.91 Å². The van der Waals surface area contributed by atoms with E-state index < -0.39 is 5.91 Å². The lowest BCUT2D eigenvalue weighted by Gasteiger charge is -2.14. The largest absolute Gasteiger partial charge is 0.382 e. The molecule has 0 aliphatic heterocycles. The van der Waals surface area contributed by atoms with Gasteiger partial charge in [-0.15, -0.1) is 0 Å². The van der Waals surface area contributed by atoms with Crippen molar-refractivity contribution in [2.75, 3.05) is 5.73 Å². The van der Waals surface area contributed by atoms with Crippen molar-refractivity contribution in [1.29, 1.82) is 0 Å². The summed E-state index contributed by atoms with van der Waals surface area (Å²) in [4.78, 5) is 31.4. The van der Waals surface area contributed by atoms with Crippen molar-refractivity contribution < 1.29 is 4.79 Å². The number of nitrogen functional groups attached to an aromatic ring is 1. The third kappa shape index (κ3) is 4.56. The molecule has 2 aromatic carbocycles. The molecule has 5 aromatic rings. The molecule has 7 heteroatoms. The quantitative estimate of drug-likeness (QED) is 0.387. The number of benzene rings is 2. The third-order valence-electron chi connectivity index (χ3n) is 5.84. The van der Waals surface area contributed by atoms with Gasteiger partial charge in [0.1, 0.15) is 0 Å². The van der Waals surface area contributed by atoms with Crippen molar-refractivity contribution in [3.63, 3.8) is 0 Å². The first-order valence-electron chi connectivity index (χ1n) is 11.3. The first kappa shape index (κ1) is 22.2. The molecule has 3 aromatic heterocycles. The molecule has 3 N–H and O–H groups in total. The minimum absolute atomic E-state index is 0.0753. The highest BCUT2D eigenvalue weighted by molar-refractivity contribution is 5.98. The second-order valence-corrected chi connectivity index (χ2v) is 8.31. The van der Waals surface area contributed by atoms with Gasteiger partial charge in [-0.2, -0.15) is 0 Å². The molecular weight excluding hydrogens is 436 g/mol. The Kier molecular flexibility index (Phi) is 5.89. The first-order chi connectivity index (χ1) is 17.0. The number of hydrogen-bond acceptors (Lipinski definition) is 6. The Balaban J connectivity index is 1.56. The van der Waals surface area contributed by atoms with Gasteiger partial charge in [-0.3, -0.25) is 14.8 Å². The highest BCUT2D eigenvalue weighted by atomic mass is 16.1. The molecule has 3 heterocycles. The van der Waals surface area contributed by atoms with Crippen LogP contribution >= 0.6 is 0 Å². The lowest BCUT2D eigenvalue weighted by molar-refractivity contribution is 0.0946. The van der Waals surface area contributed by atoms with Gasteiger partial charge in [0.05, 0.1) is 16.9 Å². The molecular formula is C28H24N6O. The number of amides is 1. The van der Waals surface area contributed by atoms with E-state index in [9.17, 15) is 4.79 Å². The number of anilines is 1. The topological polar surface area (TPSA) is 107 Å². The number of carbonyl (C=O) groups excluding carboxylic acids is 1. The van der Waals surface area contributed by atoms with E-state index in [-0.39, 0.29) is 11.5 Å². The zero-order valence-corrected chi connectivity index (χ0v) is 19.5. The van der Waals surface area contributed by atoms with Gasteiger partial charge in [0, 0.05) is 40.6 Å². The van der Waals surface area contributed by atoms with Crippen molar-refractivity contribution in [2.24, 2.45) is 0 Å². The molecule has 0 aliphatic rings. The summed E-state index contributed by atoms with van der Waals surface area (Å²) in [6, 6.07) is 23.3. The molecule has 1 amide bonds. The Labute approximate surface area is 203 Å². The van der Waals surface area contributed by atoms with Crippen molar-refractivity contribution in [2.45, 2.75) is 20.4 Å². The molecule has 0 fully saturated rings. The van der Waals surface area contributed by atoms with Crippen molar-refractivity contribution in [1.82, 2.24) is 25.3 Å². The van der Waals surface area contributed by atoms with Gasteiger partial charge < -0.3 is 11.1 Å². The van der Waals surface area contributed by atoms with Crippen LogP contribution in [0.25, 0.3) is 33.4 Å². The molecule has 172 valence electrons. The summed E-state index contributed by atoms with van der Waals surface area (Å²) < 4.78 is 0. The molecule has 0 atom stereocenters.